The minimum atomic E-state index is -0.183. The lowest BCUT2D eigenvalue weighted by atomic mass is 10.1. The lowest BCUT2D eigenvalue weighted by molar-refractivity contribution is -0.118. The van der Waals surface area contributed by atoms with Gasteiger partial charge in [0.25, 0.3) is 5.91 Å². The number of amides is 1. The fraction of sp³-hybridized carbons (Fsp3) is 0.381. The molecule has 0 unspecified atom stereocenters. The molecule has 1 N–H and O–H groups in total. The normalized spacial score (nSPS) is 10.3. The lowest BCUT2D eigenvalue weighted by Gasteiger charge is -2.22. The molecule has 0 spiro atoms. The number of nitrogens with zero attached hydrogens (tertiary/aromatic N) is 1. The maximum atomic E-state index is 12.2. The molecule has 0 aliphatic carbocycles. The van der Waals surface area contributed by atoms with E-state index >= 15 is 0 Å². The summed E-state index contributed by atoms with van der Waals surface area (Å²) in [6.07, 6.45) is 0. The average Bonchev–Trinajstić information content (AvgIpc) is 2.64. The van der Waals surface area contributed by atoms with E-state index in [0.717, 1.165) is 35.8 Å². The van der Waals surface area contributed by atoms with Crippen molar-refractivity contribution in [3.63, 3.8) is 0 Å². The molecule has 2 aromatic rings. The number of anilines is 2. The van der Waals surface area contributed by atoms with Crippen LogP contribution < -0.4 is 19.7 Å². The van der Waals surface area contributed by atoms with Gasteiger partial charge in [0, 0.05) is 24.5 Å². The van der Waals surface area contributed by atoms with Gasteiger partial charge in [0.1, 0.15) is 11.5 Å². The topological polar surface area (TPSA) is 50.8 Å². The van der Waals surface area contributed by atoms with Crippen molar-refractivity contribution in [1.82, 2.24) is 0 Å². The lowest BCUT2D eigenvalue weighted by Crippen LogP contribution is -2.23. The fourth-order valence-corrected chi connectivity index (χ4v) is 2.71. The second-order valence-electron chi connectivity index (χ2n) is 5.91. The molecule has 0 bridgehead atoms. The average molecular weight is 356 g/mol. The summed E-state index contributed by atoms with van der Waals surface area (Å²) in [4.78, 5) is 14.4. The zero-order valence-corrected chi connectivity index (χ0v) is 16.0. The third kappa shape index (κ3) is 5.41. The molecule has 0 aliphatic heterocycles. The Kier molecular flexibility index (Phi) is 7.33. The number of carbonyl (C=O) groups is 1. The van der Waals surface area contributed by atoms with Gasteiger partial charge in [0.05, 0.1) is 6.61 Å². The predicted octanol–water partition coefficient (Wildman–Crippen LogP) is 4.26. The summed E-state index contributed by atoms with van der Waals surface area (Å²) in [5.74, 6) is 1.24. The van der Waals surface area contributed by atoms with Crippen LogP contribution >= 0.6 is 0 Å². The Hall–Kier alpha value is -2.69. The van der Waals surface area contributed by atoms with Crippen molar-refractivity contribution < 1.29 is 14.3 Å². The largest absolute Gasteiger partial charge is 0.494 e. The summed E-state index contributed by atoms with van der Waals surface area (Å²) in [6, 6.07) is 13.3. The quantitative estimate of drug-likeness (QED) is 0.729. The molecular weight excluding hydrogens is 328 g/mol. The molecule has 140 valence electrons. The number of benzene rings is 2. The highest BCUT2D eigenvalue weighted by Gasteiger charge is 2.09. The van der Waals surface area contributed by atoms with Gasteiger partial charge in [0.15, 0.2) is 6.61 Å². The van der Waals surface area contributed by atoms with E-state index in [9.17, 15) is 4.79 Å². The van der Waals surface area contributed by atoms with E-state index in [1.54, 1.807) is 12.1 Å². The van der Waals surface area contributed by atoms with Crippen molar-refractivity contribution in [3.8, 4) is 11.5 Å². The van der Waals surface area contributed by atoms with Crippen LogP contribution in [0, 0.1) is 6.92 Å². The van der Waals surface area contributed by atoms with E-state index in [0.29, 0.717) is 12.4 Å². The SMILES string of the molecule is CCOc1ccc(OCC(=O)Nc2ccc(N(CC)CC)cc2C)cc1. The highest BCUT2D eigenvalue weighted by Crippen LogP contribution is 2.23. The zero-order chi connectivity index (χ0) is 18.9. The van der Waals surface area contributed by atoms with Crippen LogP contribution in [0.15, 0.2) is 42.5 Å². The summed E-state index contributed by atoms with van der Waals surface area (Å²) in [6.45, 7) is 10.7. The number of hydrogen-bond donors (Lipinski definition) is 1. The summed E-state index contributed by atoms with van der Waals surface area (Å²) in [5.41, 5.74) is 3.00. The van der Waals surface area contributed by atoms with Crippen LogP contribution in [0.3, 0.4) is 0 Å². The number of rotatable bonds is 9. The Balaban J connectivity index is 1.91. The van der Waals surface area contributed by atoms with Crippen molar-refractivity contribution >= 4 is 17.3 Å². The van der Waals surface area contributed by atoms with Crippen LogP contribution in [-0.2, 0) is 4.79 Å². The Bertz CT molecular complexity index is 710. The van der Waals surface area contributed by atoms with Gasteiger partial charge in [-0.1, -0.05) is 0 Å². The van der Waals surface area contributed by atoms with E-state index in [2.05, 4.69) is 30.1 Å². The van der Waals surface area contributed by atoms with Crippen LogP contribution in [0.4, 0.5) is 11.4 Å². The first-order valence-electron chi connectivity index (χ1n) is 9.08. The Labute approximate surface area is 155 Å². The molecule has 0 radical (unpaired) electrons. The van der Waals surface area contributed by atoms with E-state index in [-0.39, 0.29) is 12.5 Å². The van der Waals surface area contributed by atoms with Crippen LogP contribution in [0.25, 0.3) is 0 Å². The number of ether oxygens (including phenoxy) is 2. The molecule has 0 fully saturated rings. The van der Waals surface area contributed by atoms with Crippen molar-refractivity contribution in [2.24, 2.45) is 0 Å². The third-order valence-electron chi connectivity index (χ3n) is 4.12. The molecule has 5 heteroatoms. The van der Waals surface area contributed by atoms with Crippen LogP contribution in [0.5, 0.6) is 11.5 Å². The van der Waals surface area contributed by atoms with Gasteiger partial charge in [-0.25, -0.2) is 0 Å². The molecule has 0 atom stereocenters. The molecule has 0 aliphatic rings. The molecule has 0 saturated heterocycles. The second kappa shape index (κ2) is 9.70. The van der Waals surface area contributed by atoms with Crippen LogP contribution in [0.2, 0.25) is 0 Å². The zero-order valence-electron chi connectivity index (χ0n) is 16.0. The first-order valence-corrected chi connectivity index (χ1v) is 9.08. The number of hydrogen-bond acceptors (Lipinski definition) is 4. The molecule has 2 rings (SSSR count). The number of nitrogens with one attached hydrogen (secondary N) is 1. The summed E-state index contributed by atoms with van der Waals surface area (Å²) >= 11 is 0. The first kappa shape index (κ1) is 19.6. The highest BCUT2D eigenvalue weighted by atomic mass is 16.5. The van der Waals surface area contributed by atoms with Crippen LogP contribution in [0.1, 0.15) is 26.3 Å². The fourth-order valence-electron chi connectivity index (χ4n) is 2.71. The molecule has 1 amide bonds. The minimum Gasteiger partial charge on any atom is -0.494 e. The van der Waals surface area contributed by atoms with Crippen molar-refractivity contribution in [2.75, 3.05) is 36.5 Å². The maximum absolute atomic E-state index is 12.2. The smallest absolute Gasteiger partial charge is 0.262 e. The number of aryl methyl sites for hydroxylation is 1. The van der Waals surface area contributed by atoms with Gasteiger partial charge < -0.3 is 19.7 Å². The van der Waals surface area contributed by atoms with E-state index in [4.69, 9.17) is 9.47 Å². The molecule has 0 heterocycles. The standard InChI is InChI=1S/C21H28N2O3/c1-5-23(6-2)17-8-13-20(16(4)14-17)22-21(24)15-26-19-11-9-18(10-12-19)25-7-3/h8-14H,5-7,15H2,1-4H3,(H,22,24). The molecule has 0 saturated carbocycles. The molecule has 0 aromatic heterocycles. The summed E-state index contributed by atoms with van der Waals surface area (Å²) in [7, 11) is 0. The Morgan fingerprint density at radius 3 is 2.12 bits per heavy atom. The highest BCUT2D eigenvalue weighted by molar-refractivity contribution is 5.92. The monoisotopic (exact) mass is 356 g/mol. The molecule has 26 heavy (non-hydrogen) atoms. The van der Waals surface area contributed by atoms with Crippen LogP contribution in [-0.4, -0.2) is 32.2 Å². The van der Waals surface area contributed by atoms with E-state index in [1.165, 1.54) is 0 Å². The Morgan fingerprint density at radius 1 is 0.962 bits per heavy atom. The van der Waals surface area contributed by atoms with Gasteiger partial charge in [-0.05, 0) is 75.7 Å². The van der Waals surface area contributed by atoms with Gasteiger partial charge >= 0.3 is 0 Å². The summed E-state index contributed by atoms with van der Waals surface area (Å²) in [5, 5.41) is 2.91. The van der Waals surface area contributed by atoms with Gasteiger partial charge in [-0.2, -0.15) is 0 Å². The van der Waals surface area contributed by atoms with E-state index in [1.807, 2.05) is 38.1 Å². The van der Waals surface area contributed by atoms with Crippen molar-refractivity contribution in [3.05, 3.63) is 48.0 Å². The van der Waals surface area contributed by atoms with Gasteiger partial charge in [0.2, 0.25) is 0 Å². The molecule has 2 aromatic carbocycles. The molecule has 5 nitrogen and oxygen atoms in total. The van der Waals surface area contributed by atoms with Gasteiger partial charge in [-0.3, -0.25) is 4.79 Å². The maximum Gasteiger partial charge on any atom is 0.262 e. The van der Waals surface area contributed by atoms with E-state index < -0.39 is 0 Å². The molecular formula is C21H28N2O3. The Morgan fingerprint density at radius 2 is 1.58 bits per heavy atom. The van der Waals surface area contributed by atoms with Crippen molar-refractivity contribution in [1.29, 1.82) is 0 Å². The minimum absolute atomic E-state index is 0.0365. The first-order chi connectivity index (χ1) is 12.6. The van der Waals surface area contributed by atoms with Gasteiger partial charge in [-0.15, -0.1) is 0 Å². The second-order valence-corrected chi connectivity index (χ2v) is 5.91. The number of carbonyl (C=O) groups excluding carboxylic acids is 1. The van der Waals surface area contributed by atoms with Crippen molar-refractivity contribution in [2.45, 2.75) is 27.7 Å². The predicted molar refractivity (Wildman–Crippen MR) is 106 cm³/mol. The third-order valence-corrected chi connectivity index (χ3v) is 4.12. The summed E-state index contributed by atoms with van der Waals surface area (Å²) < 4.78 is 10.9.